The second-order valence-electron chi connectivity index (χ2n) is 4.80. The summed E-state index contributed by atoms with van der Waals surface area (Å²) >= 11 is 0.0442. The highest BCUT2D eigenvalue weighted by Gasteiger charge is 2.34. The van der Waals surface area contributed by atoms with Crippen molar-refractivity contribution in [3.05, 3.63) is 34.9 Å². The van der Waals surface area contributed by atoms with Gasteiger partial charge >= 0.3 is 0 Å². The van der Waals surface area contributed by atoms with Crippen molar-refractivity contribution in [3.8, 4) is 0 Å². The first-order valence-corrected chi connectivity index (χ1v) is 8.26. The Morgan fingerprint density at radius 2 is 2.17 bits per heavy atom. The first-order valence-electron chi connectivity index (χ1n) is 7.48. The number of hydrogen-bond donors (Lipinski definition) is 1. The number of benzene rings is 1. The van der Waals surface area contributed by atoms with Crippen LogP contribution in [0, 0.1) is 6.92 Å². The zero-order valence-corrected chi connectivity index (χ0v) is 14.3. The van der Waals surface area contributed by atoms with Gasteiger partial charge in [0.05, 0.1) is 12.1 Å². The van der Waals surface area contributed by atoms with Crippen LogP contribution in [0.15, 0.2) is 18.2 Å². The number of aryl methyl sites for hydroxylation is 1. The van der Waals surface area contributed by atoms with Crippen LogP contribution in [-0.4, -0.2) is 28.5 Å². The van der Waals surface area contributed by atoms with E-state index < -0.39 is 11.3 Å². The van der Waals surface area contributed by atoms with E-state index in [1.807, 2.05) is 32.2 Å². The van der Waals surface area contributed by atoms with E-state index >= 15 is 0 Å². The van der Waals surface area contributed by atoms with Gasteiger partial charge < -0.3 is 4.90 Å². The Morgan fingerprint density at radius 3 is 2.74 bits per heavy atom. The average Bonchev–Trinajstić information content (AvgIpc) is 2.89. The summed E-state index contributed by atoms with van der Waals surface area (Å²) in [7, 11) is 0. The average molecular weight is 340 g/mol. The molecule has 1 N–H and O–H groups in total. The van der Waals surface area contributed by atoms with E-state index in [1.165, 1.54) is 4.90 Å². The van der Waals surface area contributed by atoms with Crippen LogP contribution in [-0.2, 0) is 16.1 Å². The van der Waals surface area contributed by atoms with Crippen LogP contribution in [0.25, 0.3) is 0 Å². The van der Waals surface area contributed by atoms with Gasteiger partial charge in [-0.25, -0.2) is 0 Å². The van der Waals surface area contributed by atoms with Crippen LogP contribution in [0.4, 0.5) is 3.89 Å². The summed E-state index contributed by atoms with van der Waals surface area (Å²) in [4.78, 5) is 35.1. The standard InChI is InChI=1S/C14H15FN2O3S.C2H6/c1-9-3-2-4-10-11(9)7-17(14(10)20)13(21-15)6-5-12(19)16-8-18;1-2/h2-4,8,13H,5-7H2,1H3,(H,16,18,19);1-2H3. The van der Waals surface area contributed by atoms with Crippen LogP contribution in [0.3, 0.4) is 0 Å². The van der Waals surface area contributed by atoms with Gasteiger partial charge in [-0.1, -0.05) is 26.0 Å². The first-order chi connectivity index (χ1) is 11.1. The van der Waals surface area contributed by atoms with E-state index in [2.05, 4.69) is 0 Å². The second kappa shape index (κ2) is 9.29. The minimum Gasteiger partial charge on any atom is -0.320 e. The van der Waals surface area contributed by atoms with Gasteiger partial charge in [-0.3, -0.25) is 19.7 Å². The van der Waals surface area contributed by atoms with Crippen molar-refractivity contribution < 1.29 is 18.3 Å². The Labute approximate surface area is 139 Å². The van der Waals surface area contributed by atoms with Crippen LogP contribution in [0.2, 0.25) is 0 Å². The first kappa shape index (κ1) is 19.2. The molecular formula is C16H21FN2O3S. The van der Waals surface area contributed by atoms with Crippen LogP contribution in [0.5, 0.6) is 0 Å². The summed E-state index contributed by atoms with van der Waals surface area (Å²) in [6.45, 7) is 6.25. The fraction of sp³-hybridized carbons (Fsp3) is 0.438. The Morgan fingerprint density at radius 1 is 1.48 bits per heavy atom. The normalized spacial score (nSPS) is 13.7. The number of nitrogens with one attached hydrogen (secondary N) is 1. The lowest BCUT2D eigenvalue weighted by Crippen LogP contribution is -2.34. The summed E-state index contributed by atoms with van der Waals surface area (Å²) in [5.41, 5.74) is 2.48. The zero-order chi connectivity index (χ0) is 17.4. The SMILES string of the molecule is CC.Cc1cccc2c1CN(C(CCC(=O)NC=O)SF)C2=O. The molecule has 1 aliphatic rings. The highest BCUT2D eigenvalue weighted by Crippen LogP contribution is 2.32. The number of hydrogen-bond acceptors (Lipinski definition) is 4. The molecule has 0 aliphatic carbocycles. The van der Waals surface area contributed by atoms with Gasteiger partial charge in [-0.15, -0.1) is 0 Å². The number of fused-ring (bicyclic) bond motifs is 1. The number of rotatable bonds is 6. The third kappa shape index (κ3) is 4.54. The van der Waals surface area contributed by atoms with E-state index in [0.29, 0.717) is 18.5 Å². The molecule has 126 valence electrons. The van der Waals surface area contributed by atoms with E-state index in [-0.39, 0.29) is 30.9 Å². The topological polar surface area (TPSA) is 66.5 Å². The molecule has 5 nitrogen and oxygen atoms in total. The minimum atomic E-state index is -0.735. The summed E-state index contributed by atoms with van der Waals surface area (Å²) < 4.78 is 13.2. The second-order valence-corrected chi connectivity index (χ2v) is 5.52. The molecule has 2 rings (SSSR count). The maximum atomic E-state index is 13.2. The van der Waals surface area contributed by atoms with Gasteiger partial charge in [0.25, 0.3) is 5.91 Å². The van der Waals surface area contributed by atoms with Gasteiger partial charge in [0, 0.05) is 18.5 Å². The molecule has 0 bridgehead atoms. The monoisotopic (exact) mass is 340 g/mol. The van der Waals surface area contributed by atoms with Crippen molar-refractivity contribution in [2.75, 3.05) is 0 Å². The van der Waals surface area contributed by atoms with Crippen LogP contribution >= 0.6 is 12.1 Å². The van der Waals surface area contributed by atoms with Crippen molar-refractivity contribution >= 4 is 30.4 Å². The maximum absolute atomic E-state index is 13.2. The van der Waals surface area contributed by atoms with Gasteiger partial charge in [0.1, 0.15) is 5.37 Å². The third-order valence-corrected chi connectivity index (χ3v) is 4.21. The Bertz CT molecular complexity index is 580. The van der Waals surface area contributed by atoms with Crippen LogP contribution in [0.1, 0.15) is 48.2 Å². The van der Waals surface area contributed by atoms with Gasteiger partial charge in [0.15, 0.2) is 0 Å². The van der Waals surface area contributed by atoms with Crippen molar-refractivity contribution in [2.24, 2.45) is 0 Å². The highest BCUT2D eigenvalue weighted by atomic mass is 32.2. The quantitative estimate of drug-likeness (QED) is 0.809. The predicted octanol–water partition coefficient (Wildman–Crippen LogP) is 2.97. The van der Waals surface area contributed by atoms with Crippen molar-refractivity contribution in [1.82, 2.24) is 10.2 Å². The molecule has 1 atom stereocenters. The number of amides is 3. The molecule has 1 aromatic carbocycles. The summed E-state index contributed by atoms with van der Waals surface area (Å²) in [5, 5.41) is 1.26. The lowest BCUT2D eigenvalue weighted by atomic mass is 10.1. The molecule has 1 unspecified atom stereocenters. The third-order valence-electron chi connectivity index (χ3n) is 3.52. The number of imide groups is 1. The van der Waals surface area contributed by atoms with Gasteiger partial charge in [-0.2, -0.15) is 3.89 Å². The Balaban J connectivity index is 0.00000127. The number of halogens is 1. The molecule has 1 aliphatic heterocycles. The molecule has 0 saturated heterocycles. The van der Waals surface area contributed by atoms with Gasteiger partial charge in [0.2, 0.25) is 12.3 Å². The molecule has 0 aromatic heterocycles. The van der Waals surface area contributed by atoms with Gasteiger partial charge in [-0.05, 0) is 30.5 Å². The van der Waals surface area contributed by atoms with E-state index in [4.69, 9.17) is 0 Å². The smallest absolute Gasteiger partial charge is 0.255 e. The molecule has 0 spiro atoms. The minimum absolute atomic E-state index is 0.0145. The van der Waals surface area contributed by atoms with Crippen molar-refractivity contribution in [1.29, 1.82) is 0 Å². The van der Waals surface area contributed by atoms with Crippen LogP contribution < -0.4 is 5.32 Å². The van der Waals surface area contributed by atoms with E-state index in [9.17, 15) is 18.3 Å². The summed E-state index contributed by atoms with van der Waals surface area (Å²) in [6, 6.07) is 5.43. The molecule has 1 heterocycles. The molecule has 23 heavy (non-hydrogen) atoms. The summed E-state index contributed by atoms with van der Waals surface area (Å²) in [5.74, 6) is -0.705. The Hall–Kier alpha value is -1.89. The molecule has 7 heteroatoms. The molecular weight excluding hydrogens is 319 g/mol. The molecule has 0 radical (unpaired) electrons. The highest BCUT2D eigenvalue weighted by molar-refractivity contribution is 7.94. The van der Waals surface area contributed by atoms with E-state index in [1.54, 1.807) is 12.1 Å². The van der Waals surface area contributed by atoms with Crippen molar-refractivity contribution in [3.63, 3.8) is 0 Å². The lowest BCUT2D eigenvalue weighted by molar-refractivity contribution is -0.125. The fourth-order valence-electron chi connectivity index (χ4n) is 2.38. The maximum Gasteiger partial charge on any atom is 0.255 e. The van der Waals surface area contributed by atoms with E-state index in [0.717, 1.165) is 11.1 Å². The summed E-state index contributed by atoms with van der Waals surface area (Å²) in [6.07, 6.45) is 0.430. The number of carbonyl (C=O) groups excluding carboxylic acids is 3. The number of carbonyl (C=O) groups is 3. The fourth-order valence-corrected chi connectivity index (χ4v) is 2.86. The molecule has 1 aromatic rings. The predicted molar refractivity (Wildman–Crippen MR) is 88.3 cm³/mol. The zero-order valence-electron chi connectivity index (χ0n) is 13.5. The molecule has 0 saturated carbocycles. The number of nitrogens with zero attached hydrogens (tertiary/aromatic N) is 1. The van der Waals surface area contributed by atoms with Crippen molar-refractivity contribution in [2.45, 2.75) is 45.5 Å². The largest absolute Gasteiger partial charge is 0.320 e. The lowest BCUT2D eigenvalue weighted by Gasteiger charge is -2.23. The Kier molecular flexibility index (Phi) is 7.74. The molecule has 0 fully saturated rings. The molecule has 3 amide bonds.